The first-order valence-corrected chi connectivity index (χ1v) is 7.71. The summed E-state index contributed by atoms with van der Waals surface area (Å²) in [6.45, 7) is 0.255. The van der Waals surface area contributed by atoms with Gasteiger partial charge in [0.1, 0.15) is 10.6 Å². The van der Waals surface area contributed by atoms with Crippen LogP contribution in [-0.2, 0) is 10.0 Å². The first kappa shape index (κ1) is 13.0. The van der Waals surface area contributed by atoms with Crippen LogP contribution in [0.15, 0.2) is 11.4 Å². The molecule has 9 heteroatoms. The molecule has 0 radical (unpaired) electrons. The molecular formula is C9H13N5O2S2. The molecule has 98 valence electrons. The Hall–Kier alpha value is -1.45. The lowest BCUT2D eigenvalue weighted by Crippen LogP contribution is -2.26. The predicted octanol–water partition coefficient (Wildman–Crippen LogP) is 0.235. The van der Waals surface area contributed by atoms with Crippen molar-refractivity contribution in [2.24, 2.45) is 0 Å². The van der Waals surface area contributed by atoms with Crippen LogP contribution < -0.4 is 15.8 Å². The van der Waals surface area contributed by atoms with Crippen LogP contribution in [-0.4, -0.2) is 37.7 Å². The molecular weight excluding hydrogens is 274 g/mol. The number of sulfonamides is 1. The van der Waals surface area contributed by atoms with Crippen LogP contribution in [0.4, 0.5) is 11.8 Å². The van der Waals surface area contributed by atoms with Crippen molar-refractivity contribution in [3.63, 3.8) is 0 Å². The van der Waals surface area contributed by atoms with Gasteiger partial charge >= 0.3 is 0 Å². The van der Waals surface area contributed by atoms with Gasteiger partial charge in [0.2, 0.25) is 16.0 Å². The number of thiophene rings is 1. The van der Waals surface area contributed by atoms with Gasteiger partial charge in [0.25, 0.3) is 0 Å². The third-order valence-electron chi connectivity index (χ3n) is 2.32. The van der Waals surface area contributed by atoms with Crippen LogP contribution in [0.2, 0.25) is 0 Å². The second-order valence-electron chi connectivity index (χ2n) is 3.52. The summed E-state index contributed by atoms with van der Waals surface area (Å²) < 4.78 is 24.8. The molecule has 0 unspecified atom stereocenters. The van der Waals surface area contributed by atoms with Crippen molar-refractivity contribution in [2.75, 3.05) is 30.4 Å². The van der Waals surface area contributed by atoms with E-state index < -0.39 is 10.0 Å². The zero-order valence-corrected chi connectivity index (χ0v) is 11.3. The minimum atomic E-state index is -3.22. The number of nitrogens with one attached hydrogen (secondary N) is 2. The summed E-state index contributed by atoms with van der Waals surface area (Å²) in [5, 5.41) is 5.69. The van der Waals surface area contributed by atoms with E-state index in [2.05, 4.69) is 20.0 Å². The molecule has 0 aromatic carbocycles. The van der Waals surface area contributed by atoms with E-state index in [-0.39, 0.29) is 18.2 Å². The van der Waals surface area contributed by atoms with E-state index in [9.17, 15) is 8.42 Å². The van der Waals surface area contributed by atoms with Crippen molar-refractivity contribution in [3.05, 3.63) is 11.4 Å². The first-order valence-electron chi connectivity index (χ1n) is 5.17. The van der Waals surface area contributed by atoms with Crippen molar-refractivity contribution in [3.8, 4) is 0 Å². The highest BCUT2D eigenvalue weighted by Crippen LogP contribution is 2.25. The Morgan fingerprint density at radius 2 is 2.22 bits per heavy atom. The second kappa shape index (κ2) is 5.04. The Balaban J connectivity index is 2.14. The molecule has 0 saturated carbocycles. The maximum atomic E-state index is 11.3. The standard InChI is InChI=1S/C9H13N5O2S2/c1-11-18(15,16)5-3-12-7-6-2-4-17-8(6)14-9(10)13-7/h2,4,11H,3,5H2,1H3,(H3,10,12,13,14). The highest BCUT2D eigenvalue weighted by atomic mass is 32.2. The summed E-state index contributed by atoms with van der Waals surface area (Å²) in [7, 11) is -1.84. The molecule has 0 bridgehead atoms. The Morgan fingerprint density at radius 3 is 2.94 bits per heavy atom. The molecule has 0 spiro atoms. The Bertz CT molecular complexity index is 652. The fourth-order valence-corrected chi connectivity index (χ4v) is 2.76. The van der Waals surface area contributed by atoms with Gasteiger partial charge in [-0.3, -0.25) is 0 Å². The fourth-order valence-electron chi connectivity index (χ4n) is 1.41. The van der Waals surface area contributed by atoms with E-state index in [1.165, 1.54) is 18.4 Å². The smallest absolute Gasteiger partial charge is 0.223 e. The Kier molecular flexibility index (Phi) is 3.64. The maximum Gasteiger partial charge on any atom is 0.223 e. The van der Waals surface area contributed by atoms with Crippen LogP contribution in [0.5, 0.6) is 0 Å². The van der Waals surface area contributed by atoms with Gasteiger partial charge in [-0.1, -0.05) is 0 Å². The number of rotatable bonds is 5. The average molecular weight is 287 g/mol. The number of nitrogens with zero attached hydrogens (tertiary/aromatic N) is 2. The van der Waals surface area contributed by atoms with E-state index in [0.29, 0.717) is 5.82 Å². The topological polar surface area (TPSA) is 110 Å². The number of aromatic nitrogens is 2. The number of hydrogen-bond donors (Lipinski definition) is 3. The monoisotopic (exact) mass is 287 g/mol. The van der Waals surface area contributed by atoms with Gasteiger partial charge in [-0.25, -0.2) is 18.1 Å². The van der Waals surface area contributed by atoms with Crippen molar-refractivity contribution >= 4 is 43.3 Å². The fraction of sp³-hybridized carbons (Fsp3) is 0.333. The molecule has 0 saturated heterocycles. The van der Waals surface area contributed by atoms with Gasteiger partial charge in [0, 0.05) is 6.54 Å². The molecule has 0 aliphatic carbocycles. The molecule has 0 aliphatic heterocycles. The Labute approximate surface area is 108 Å². The van der Waals surface area contributed by atoms with Gasteiger partial charge < -0.3 is 11.1 Å². The van der Waals surface area contributed by atoms with E-state index in [4.69, 9.17) is 5.73 Å². The average Bonchev–Trinajstić information content (AvgIpc) is 2.76. The number of anilines is 2. The minimum absolute atomic E-state index is 0.0287. The highest BCUT2D eigenvalue weighted by molar-refractivity contribution is 7.89. The third-order valence-corrected chi connectivity index (χ3v) is 4.49. The van der Waals surface area contributed by atoms with E-state index in [0.717, 1.165) is 10.2 Å². The molecule has 0 aliphatic rings. The van der Waals surface area contributed by atoms with E-state index in [1.54, 1.807) is 0 Å². The van der Waals surface area contributed by atoms with E-state index >= 15 is 0 Å². The summed E-state index contributed by atoms with van der Waals surface area (Å²) in [4.78, 5) is 8.93. The summed E-state index contributed by atoms with van der Waals surface area (Å²) in [5.74, 6) is 0.702. The molecule has 2 aromatic rings. The lowest BCUT2D eigenvalue weighted by atomic mass is 10.4. The van der Waals surface area contributed by atoms with Crippen LogP contribution in [0.1, 0.15) is 0 Å². The largest absolute Gasteiger partial charge is 0.368 e. The molecule has 4 N–H and O–H groups in total. The predicted molar refractivity (Wildman–Crippen MR) is 73.2 cm³/mol. The van der Waals surface area contributed by atoms with Gasteiger partial charge in [0.05, 0.1) is 11.1 Å². The number of hydrogen-bond acceptors (Lipinski definition) is 7. The second-order valence-corrected chi connectivity index (χ2v) is 6.46. The SMILES string of the molecule is CNS(=O)(=O)CCNc1nc(N)nc2sccc12. The molecule has 0 fully saturated rings. The van der Waals surface area contributed by atoms with Crippen molar-refractivity contribution < 1.29 is 8.42 Å². The van der Waals surface area contributed by atoms with Crippen LogP contribution in [0.3, 0.4) is 0 Å². The summed E-state index contributed by atoms with van der Waals surface area (Å²) in [6.07, 6.45) is 0. The van der Waals surface area contributed by atoms with Crippen LogP contribution in [0.25, 0.3) is 10.2 Å². The molecule has 7 nitrogen and oxygen atoms in total. The van der Waals surface area contributed by atoms with E-state index in [1.807, 2.05) is 11.4 Å². The molecule has 0 atom stereocenters. The quantitative estimate of drug-likeness (QED) is 0.726. The van der Waals surface area contributed by atoms with Gasteiger partial charge in [-0.2, -0.15) is 4.98 Å². The maximum absolute atomic E-state index is 11.3. The first-order chi connectivity index (χ1) is 8.52. The van der Waals surface area contributed by atoms with Crippen molar-refractivity contribution in [1.29, 1.82) is 0 Å². The Morgan fingerprint density at radius 1 is 1.44 bits per heavy atom. The highest BCUT2D eigenvalue weighted by Gasteiger charge is 2.09. The minimum Gasteiger partial charge on any atom is -0.368 e. The molecule has 0 amide bonds. The lowest BCUT2D eigenvalue weighted by molar-refractivity contribution is 0.588. The number of fused-ring (bicyclic) bond motifs is 1. The molecule has 2 aromatic heterocycles. The molecule has 2 heterocycles. The zero-order chi connectivity index (χ0) is 13.2. The third kappa shape index (κ3) is 2.86. The zero-order valence-electron chi connectivity index (χ0n) is 9.67. The summed E-state index contributed by atoms with van der Waals surface area (Å²) in [6, 6.07) is 1.87. The van der Waals surface area contributed by atoms with Crippen LogP contribution >= 0.6 is 11.3 Å². The summed E-state index contributed by atoms with van der Waals surface area (Å²) >= 11 is 1.46. The molecule has 18 heavy (non-hydrogen) atoms. The van der Waals surface area contributed by atoms with Crippen molar-refractivity contribution in [2.45, 2.75) is 0 Å². The molecule has 2 rings (SSSR count). The number of nitrogen functional groups attached to an aromatic ring is 1. The van der Waals surface area contributed by atoms with Crippen molar-refractivity contribution in [1.82, 2.24) is 14.7 Å². The van der Waals surface area contributed by atoms with Crippen LogP contribution in [0, 0.1) is 0 Å². The van der Waals surface area contributed by atoms with Gasteiger partial charge in [0.15, 0.2) is 0 Å². The van der Waals surface area contributed by atoms with Gasteiger partial charge in [-0.05, 0) is 18.5 Å². The van der Waals surface area contributed by atoms with Gasteiger partial charge in [-0.15, -0.1) is 11.3 Å². The summed E-state index contributed by atoms with van der Waals surface area (Å²) in [5.41, 5.74) is 5.58. The number of nitrogens with two attached hydrogens (primary N) is 1. The normalized spacial score (nSPS) is 11.8. The lowest BCUT2D eigenvalue weighted by Gasteiger charge is -2.07.